The van der Waals surface area contributed by atoms with Crippen LogP contribution in [-0.2, 0) is 16.0 Å². The van der Waals surface area contributed by atoms with E-state index in [0.717, 1.165) is 32.6 Å². The van der Waals surface area contributed by atoms with Crippen LogP contribution in [0.2, 0.25) is 0 Å². The van der Waals surface area contributed by atoms with Crippen LogP contribution in [0.3, 0.4) is 0 Å². The first kappa shape index (κ1) is 14.7. The van der Waals surface area contributed by atoms with Gasteiger partial charge >= 0.3 is 0 Å². The highest BCUT2D eigenvalue weighted by molar-refractivity contribution is 5.78. The summed E-state index contributed by atoms with van der Waals surface area (Å²) in [5.41, 5.74) is 1.20. The molecule has 1 aromatic carbocycles. The maximum Gasteiger partial charge on any atom is 0.222 e. The lowest BCUT2D eigenvalue weighted by molar-refractivity contribution is -0.133. The molecule has 1 fully saturated rings. The molecule has 0 unspecified atom stereocenters. The minimum Gasteiger partial charge on any atom is -0.340 e. The Hall–Kier alpha value is -1.68. The summed E-state index contributed by atoms with van der Waals surface area (Å²) in [6, 6.07) is 10.1. The summed E-state index contributed by atoms with van der Waals surface area (Å²) in [5.74, 6) is 0.408. The molecule has 0 spiro atoms. The maximum absolute atomic E-state index is 12.1. The average molecular weight is 274 g/mol. The molecule has 20 heavy (non-hydrogen) atoms. The van der Waals surface area contributed by atoms with Crippen molar-refractivity contribution in [2.75, 3.05) is 32.7 Å². The lowest BCUT2D eigenvalue weighted by Gasteiger charge is -2.34. The van der Waals surface area contributed by atoms with Gasteiger partial charge in [-0.15, -0.1) is 0 Å². The monoisotopic (exact) mass is 274 g/mol. The molecule has 0 N–H and O–H groups in total. The first-order chi connectivity index (χ1) is 9.65. The van der Waals surface area contributed by atoms with Crippen LogP contribution in [0.1, 0.15) is 18.9 Å². The number of benzene rings is 1. The summed E-state index contributed by atoms with van der Waals surface area (Å²) in [7, 11) is 0. The number of nitrogens with zero attached hydrogens (tertiary/aromatic N) is 2. The molecule has 0 radical (unpaired) electrons. The maximum atomic E-state index is 12.1. The van der Waals surface area contributed by atoms with Crippen LogP contribution in [0.25, 0.3) is 0 Å². The van der Waals surface area contributed by atoms with E-state index in [2.05, 4.69) is 17.0 Å². The van der Waals surface area contributed by atoms with Crippen molar-refractivity contribution in [3.63, 3.8) is 0 Å². The van der Waals surface area contributed by atoms with Crippen LogP contribution in [-0.4, -0.2) is 54.2 Å². The standard InChI is InChI=1S/C16H22N2O2/c1-14(19)13-17-9-11-18(12-10-17)16(20)8-7-15-5-3-2-4-6-15/h2-6H,7-13H2,1H3. The molecule has 0 saturated carbocycles. The Morgan fingerprint density at radius 2 is 1.70 bits per heavy atom. The van der Waals surface area contributed by atoms with Crippen LogP contribution in [0.15, 0.2) is 30.3 Å². The minimum atomic E-state index is 0.189. The minimum absolute atomic E-state index is 0.189. The first-order valence-corrected chi connectivity index (χ1v) is 7.18. The molecule has 1 aromatic rings. The highest BCUT2D eigenvalue weighted by atomic mass is 16.2. The Labute approximate surface area is 120 Å². The fourth-order valence-electron chi connectivity index (χ4n) is 2.52. The van der Waals surface area contributed by atoms with Crippen molar-refractivity contribution in [1.29, 1.82) is 0 Å². The summed E-state index contributed by atoms with van der Waals surface area (Å²) < 4.78 is 0. The summed E-state index contributed by atoms with van der Waals surface area (Å²) in [5, 5.41) is 0. The van der Waals surface area contributed by atoms with Crippen LogP contribution in [0.5, 0.6) is 0 Å². The van der Waals surface area contributed by atoms with Crippen molar-refractivity contribution < 1.29 is 9.59 Å². The van der Waals surface area contributed by atoms with Crippen molar-refractivity contribution >= 4 is 11.7 Å². The fraction of sp³-hybridized carbons (Fsp3) is 0.500. The number of aryl methyl sites for hydroxylation is 1. The van der Waals surface area contributed by atoms with Gasteiger partial charge in [0.15, 0.2) is 0 Å². The molecule has 1 aliphatic rings. The predicted octanol–water partition coefficient (Wildman–Crippen LogP) is 1.35. The Bertz CT molecular complexity index is 451. The Balaban J connectivity index is 1.73. The van der Waals surface area contributed by atoms with Gasteiger partial charge in [-0.1, -0.05) is 30.3 Å². The van der Waals surface area contributed by atoms with E-state index in [-0.39, 0.29) is 11.7 Å². The van der Waals surface area contributed by atoms with Crippen molar-refractivity contribution in [3.05, 3.63) is 35.9 Å². The molecule has 1 heterocycles. The van der Waals surface area contributed by atoms with Crippen LogP contribution >= 0.6 is 0 Å². The van der Waals surface area contributed by atoms with Gasteiger partial charge < -0.3 is 4.90 Å². The second kappa shape index (κ2) is 7.20. The Morgan fingerprint density at radius 3 is 2.30 bits per heavy atom. The van der Waals surface area contributed by atoms with Gasteiger partial charge in [0.1, 0.15) is 5.78 Å². The fourth-order valence-corrected chi connectivity index (χ4v) is 2.52. The SMILES string of the molecule is CC(=O)CN1CCN(C(=O)CCc2ccccc2)CC1. The van der Waals surface area contributed by atoms with Gasteiger partial charge in [-0.3, -0.25) is 14.5 Å². The first-order valence-electron chi connectivity index (χ1n) is 7.18. The molecule has 1 saturated heterocycles. The molecule has 0 aromatic heterocycles. The highest BCUT2D eigenvalue weighted by Gasteiger charge is 2.21. The van der Waals surface area contributed by atoms with E-state index >= 15 is 0 Å². The molecular weight excluding hydrogens is 252 g/mol. The molecular formula is C16H22N2O2. The van der Waals surface area contributed by atoms with E-state index in [9.17, 15) is 9.59 Å². The number of piperazine rings is 1. The largest absolute Gasteiger partial charge is 0.340 e. The molecule has 0 atom stereocenters. The number of amides is 1. The molecule has 4 nitrogen and oxygen atoms in total. The Kier molecular flexibility index (Phi) is 5.30. The number of carbonyl (C=O) groups excluding carboxylic acids is 2. The number of hydrogen-bond acceptors (Lipinski definition) is 3. The van der Waals surface area contributed by atoms with Gasteiger partial charge in [0.2, 0.25) is 5.91 Å². The molecule has 108 valence electrons. The zero-order valence-corrected chi connectivity index (χ0v) is 12.0. The number of hydrogen-bond donors (Lipinski definition) is 0. The topological polar surface area (TPSA) is 40.6 Å². The third-order valence-electron chi connectivity index (χ3n) is 3.64. The van der Waals surface area contributed by atoms with Crippen molar-refractivity contribution in [2.45, 2.75) is 19.8 Å². The van der Waals surface area contributed by atoms with Gasteiger partial charge in [-0.05, 0) is 18.9 Å². The lowest BCUT2D eigenvalue weighted by atomic mass is 10.1. The zero-order valence-electron chi connectivity index (χ0n) is 12.0. The highest BCUT2D eigenvalue weighted by Crippen LogP contribution is 2.07. The van der Waals surface area contributed by atoms with E-state index in [1.54, 1.807) is 6.92 Å². The van der Waals surface area contributed by atoms with Crippen molar-refractivity contribution in [2.24, 2.45) is 0 Å². The summed E-state index contributed by atoms with van der Waals surface area (Å²) in [6.45, 7) is 5.19. The summed E-state index contributed by atoms with van der Waals surface area (Å²) in [6.07, 6.45) is 1.37. The van der Waals surface area contributed by atoms with Crippen molar-refractivity contribution in [1.82, 2.24) is 9.80 Å². The third-order valence-corrected chi connectivity index (χ3v) is 3.64. The van der Waals surface area contributed by atoms with Gasteiger partial charge in [-0.2, -0.15) is 0 Å². The Morgan fingerprint density at radius 1 is 1.05 bits per heavy atom. The smallest absolute Gasteiger partial charge is 0.222 e. The summed E-state index contributed by atoms with van der Waals surface area (Å²) >= 11 is 0. The van der Waals surface area contributed by atoms with Crippen LogP contribution in [0.4, 0.5) is 0 Å². The van der Waals surface area contributed by atoms with E-state index in [1.165, 1.54) is 5.56 Å². The molecule has 0 aliphatic carbocycles. The second-order valence-corrected chi connectivity index (χ2v) is 5.34. The van der Waals surface area contributed by atoms with Crippen molar-refractivity contribution in [3.8, 4) is 0 Å². The van der Waals surface area contributed by atoms with Gasteiger partial charge in [0.25, 0.3) is 0 Å². The number of rotatable bonds is 5. The second-order valence-electron chi connectivity index (χ2n) is 5.34. The molecule has 2 rings (SSSR count). The van der Waals surface area contributed by atoms with Crippen LogP contribution in [0, 0.1) is 0 Å². The average Bonchev–Trinajstić information content (AvgIpc) is 2.46. The van der Waals surface area contributed by atoms with E-state index in [0.29, 0.717) is 13.0 Å². The van der Waals surface area contributed by atoms with Crippen LogP contribution < -0.4 is 0 Å². The number of carbonyl (C=O) groups is 2. The van der Waals surface area contributed by atoms with E-state index in [1.807, 2.05) is 23.1 Å². The number of ketones is 1. The lowest BCUT2D eigenvalue weighted by Crippen LogP contribution is -2.49. The molecule has 4 heteroatoms. The van der Waals surface area contributed by atoms with Gasteiger partial charge in [0.05, 0.1) is 6.54 Å². The van der Waals surface area contributed by atoms with Gasteiger partial charge in [-0.25, -0.2) is 0 Å². The summed E-state index contributed by atoms with van der Waals surface area (Å²) in [4.78, 5) is 27.2. The molecule has 1 aliphatic heterocycles. The van der Waals surface area contributed by atoms with E-state index < -0.39 is 0 Å². The number of Topliss-reactive ketones (excluding diaryl/α,β-unsaturated/α-hetero) is 1. The van der Waals surface area contributed by atoms with E-state index in [4.69, 9.17) is 0 Å². The molecule has 0 bridgehead atoms. The molecule has 1 amide bonds. The zero-order chi connectivity index (χ0) is 14.4. The predicted molar refractivity (Wildman–Crippen MR) is 78.5 cm³/mol. The van der Waals surface area contributed by atoms with Gasteiger partial charge in [0, 0.05) is 32.6 Å². The normalized spacial score (nSPS) is 16.1. The third kappa shape index (κ3) is 4.46. The quantitative estimate of drug-likeness (QED) is 0.814.